The molecule has 7 nitrogen and oxygen atoms in total. The van der Waals surface area contributed by atoms with Crippen molar-refractivity contribution in [1.82, 2.24) is 9.88 Å². The van der Waals surface area contributed by atoms with Gasteiger partial charge >= 0.3 is 6.09 Å². The maximum Gasteiger partial charge on any atom is 0.412 e. The highest BCUT2D eigenvalue weighted by atomic mass is 35.5. The predicted molar refractivity (Wildman–Crippen MR) is 121 cm³/mol. The highest BCUT2D eigenvalue weighted by Gasteiger charge is 2.22. The van der Waals surface area contributed by atoms with Gasteiger partial charge in [-0.1, -0.05) is 48.0 Å². The number of aliphatic hydroxyl groups excluding tert-OH is 2. The van der Waals surface area contributed by atoms with Crippen molar-refractivity contribution in [3.05, 3.63) is 71.1 Å². The first-order valence-electron chi connectivity index (χ1n) is 10.1. The van der Waals surface area contributed by atoms with Crippen LogP contribution >= 0.6 is 11.6 Å². The molecule has 3 aromatic rings. The molecule has 32 heavy (non-hydrogen) atoms. The predicted octanol–water partition coefficient (Wildman–Crippen LogP) is 3.82. The van der Waals surface area contributed by atoms with Gasteiger partial charge in [0.15, 0.2) is 0 Å². The summed E-state index contributed by atoms with van der Waals surface area (Å²) in [6, 6.07) is 13.4. The van der Waals surface area contributed by atoms with E-state index in [1.165, 1.54) is 6.07 Å². The van der Waals surface area contributed by atoms with Crippen molar-refractivity contribution >= 4 is 34.3 Å². The quantitative estimate of drug-likeness (QED) is 0.448. The van der Waals surface area contributed by atoms with E-state index in [9.17, 15) is 19.4 Å². The summed E-state index contributed by atoms with van der Waals surface area (Å²) in [6.45, 7) is -0.241. The first-order chi connectivity index (χ1) is 15.4. The number of amides is 1. The Hall–Kier alpha value is -2.78. The van der Waals surface area contributed by atoms with Gasteiger partial charge in [-0.3, -0.25) is 10.2 Å². The second kappa shape index (κ2) is 11.2. The van der Waals surface area contributed by atoms with E-state index in [0.29, 0.717) is 11.4 Å². The molecule has 0 aliphatic rings. The third kappa shape index (κ3) is 6.37. The second-order valence-corrected chi connectivity index (χ2v) is 7.87. The SMILES string of the molecule is CN(Cc1cccc(F)c1Cl)[C@H](COC(=O)Nc1cc2ccccc2cn1)C[C@@H](O)CO. The number of ether oxygens (including phenoxy) is 1. The average molecular weight is 462 g/mol. The van der Waals surface area contributed by atoms with Crippen molar-refractivity contribution in [2.24, 2.45) is 0 Å². The van der Waals surface area contributed by atoms with Crippen LogP contribution in [0.25, 0.3) is 10.8 Å². The summed E-state index contributed by atoms with van der Waals surface area (Å²) in [7, 11) is 1.74. The number of pyridine rings is 1. The molecule has 0 fully saturated rings. The number of likely N-dealkylation sites (N-methyl/N-ethyl adjacent to an activating group) is 1. The summed E-state index contributed by atoms with van der Waals surface area (Å²) in [5.74, 6) is -0.177. The van der Waals surface area contributed by atoms with E-state index in [-0.39, 0.29) is 24.6 Å². The average Bonchev–Trinajstić information content (AvgIpc) is 2.79. The van der Waals surface area contributed by atoms with Crippen LogP contribution in [0.3, 0.4) is 0 Å². The number of nitrogens with zero attached hydrogens (tertiary/aromatic N) is 2. The summed E-state index contributed by atoms with van der Waals surface area (Å²) in [4.78, 5) is 18.3. The number of nitrogens with one attached hydrogen (secondary N) is 1. The number of hydrogen-bond donors (Lipinski definition) is 3. The summed E-state index contributed by atoms with van der Waals surface area (Å²) >= 11 is 6.04. The van der Waals surface area contributed by atoms with Crippen LogP contribution in [0.1, 0.15) is 12.0 Å². The van der Waals surface area contributed by atoms with E-state index in [2.05, 4.69) is 10.3 Å². The lowest BCUT2D eigenvalue weighted by molar-refractivity contribution is 0.0382. The largest absolute Gasteiger partial charge is 0.448 e. The lowest BCUT2D eigenvalue weighted by Gasteiger charge is -2.29. The molecule has 170 valence electrons. The smallest absolute Gasteiger partial charge is 0.412 e. The molecular weight excluding hydrogens is 437 g/mol. The fourth-order valence-electron chi connectivity index (χ4n) is 3.30. The van der Waals surface area contributed by atoms with E-state index in [4.69, 9.17) is 16.3 Å². The monoisotopic (exact) mass is 461 g/mol. The van der Waals surface area contributed by atoms with Crippen molar-refractivity contribution in [3.8, 4) is 0 Å². The van der Waals surface area contributed by atoms with Crippen LogP contribution in [0.4, 0.5) is 15.0 Å². The number of aromatic nitrogens is 1. The van der Waals surface area contributed by atoms with Gasteiger partial charge in [-0.2, -0.15) is 0 Å². The summed E-state index contributed by atoms with van der Waals surface area (Å²) in [5.41, 5.74) is 0.558. The van der Waals surface area contributed by atoms with E-state index in [1.807, 2.05) is 24.3 Å². The van der Waals surface area contributed by atoms with Gasteiger partial charge < -0.3 is 14.9 Å². The number of carbonyl (C=O) groups is 1. The minimum Gasteiger partial charge on any atom is -0.448 e. The lowest BCUT2D eigenvalue weighted by Crippen LogP contribution is -2.39. The van der Waals surface area contributed by atoms with Gasteiger partial charge in [0.2, 0.25) is 0 Å². The number of rotatable bonds is 9. The van der Waals surface area contributed by atoms with Gasteiger partial charge in [-0.05, 0) is 36.6 Å². The topological polar surface area (TPSA) is 94.9 Å². The molecule has 0 radical (unpaired) electrons. The summed E-state index contributed by atoms with van der Waals surface area (Å²) in [6.07, 6.45) is 0.0937. The van der Waals surface area contributed by atoms with Crippen LogP contribution < -0.4 is 5.32 Å². The standard InChI is InChI=1S/C23H25ClFN3O4/c1-28(12-17-7-4-8-20(25)22(17)24)18(10-19(30)13-29)14-32-23(31)27-21-9-15-5-2-3-6-16(15)11-26-21/h2-9,11,18-19,29-30H,10,12-14H2,1H3,(H,26,27,31)/t18-,19+/m0/s1. The fraction of sp³-hybridized carbons (Fsp3) is 0.304. The molecule has 3 rings (SSSR count). The Morgan fingerprint density at radius 3 is 2.75 bits per heavy atom. The minimum absolute atomic E-state index is 0.0156. The molecular formula is C23H25ClFN3O4. The van der Waals surface area contributed by atoms with E-state index in [0.717, 1.165) is 10.8 Å². The maximum atomic E-state index is 13.7. The Bertz CT molecular complexity index is 1070. The summed E-state index contributed by atoms with van der Waals surface area (Å²) < 4.78 is 19.1. The van der Waals surface area contributed by atoms with Gasteiger partial charge in [0.1, 0.15) is 18.2 Å². The number of halogens is 2. The van der Waals surface area contributed by atoms with Crippen molar-refractivity contribution in [2.75, 3.05) is 25.6 Å². The Morgan fingerprint density at radius 1 is 1.25 bits per heavy atom. The number of carbonyl (C=O) groups excluding carboxylic acids is 1. The lowest BCUT2D eigenvalue weighted by atomic mass is 10.1. The number of aliphatic hydroxyl groups is 2. The van der Waals surface area contributed by atoms with Crippen LogP contribution in [0.15, 0.2) is 54.7 Å². The molecule has 0 bridgehead atoms. The molecule has 0 saturated heterocycles. The molecule has 3 N–H and O–H groups in total. The molecule has 0 aliphatic heterocycles. The van der Waals surface area contributed by atoms with Crippen LogP contribution in [-0.4, -0.2) is 58.6 Å². The summed E-state index contributed by atoms with van der Waals surface area (Å²) in [5, 5.41) is 23.6. The first-order valence-corrected chi connectivity index (χ1v) is 10.5. The van der Waals surface area contributed by atoms with Crippen LogP contribution in [-0.2, 0) is 11.3 Å². The number of anilines is 1. The molecule has 1 heterocycles. The van der Waals surface area contributed by atoms with Crippen molar-refractivity contribution in [3.63, 3.8) is 0 Å². The Kier molecular flexibility index (Phi) is 8.35. The van der Waals surface area contributed by atoms with Crippen molar-refractivity contribution in [2.45, 2.75) is 25.1 Å². The van der Waals surface area contributed by atoms with Gasteiger partial charge in [0, 0.05) is 24.2 Å². The molecule has 9 heteroatoms. The Labute approximate surface area is 190 Å². The molecule has 0 spiro atoms. The molecule has 1 amide bonds. The second-order valence-electron chi connectivity index (χ2n) is 7.49. The zero-order valence-electron chi connectivity index (χ0n) is 17.5. The van der Waals surface area contributed by atoms with Crippen molar-refractivity contribution < 1.29 is 24.1 Å². The highest BCUT2D eigenvalue weighted by molar-refractivity contribution is 6.31. The zero-order chi connectivity index (χ0) is 23.1. The van der Waals surface area contributed by atoms with Crippen LogP contribution in [0.2, 0.25) is 5.02 Å². The van der Waals surface area contributed by atoms with Gasteiger partial charge in [0.25, 0.3) is 0 Å². The number of fused-ring (bicyclic) bond motifs is 1. The van der Waals surface area contributed by atoms with E-state index in [1.54, 1.807) is 36.3 Å². The van der Waals surface area contributed by atoms with Crippen LogP contribution in [0.5, 0.6) is 0 Å². The molecule has 0 unspecified atom stereocenters. The van der Waals surface area contributed by atoms with Crippen LogP contribution in [0, 0.1) is 5.82 Å². The molecule has 2 aromatic carbocycles. The van der Waals surface area contributed by atoms with Gasteiger partial charge in [0.05, 0.1) is 17.7 Å². The van der Waals surface area contributed by atoms with E-state index < -0.39 is 30.7 Å². The Morgan fingerprint density at radius 2 is 2.00 bits per heavy atom. The van der Waals surface area contributed by atoms with Crippen molar-refractivity contribution in [1.29, 1.82) is 0 Å². The fourth-order valence-corrected chi connectivity index (χ4v) is 3.48. The highest BCUT2D eigenvalue weighted by Crippen LogP contribution is 2.22. The van der Waals surface area contributed by atoms with E-state index >= 15 is 0 Å². The maximum absolute atomic E-state index is 13.7. The molecule has 2 atom stereocenters. The molecule has 0 saturated carbocycles. The third-order valence-corrected chi connectivity index (χ3v) is 5.52. The molecule has 0 aliphatic carbocycles. The van der Waals surface area contributed by atoms with Gasteiger partial charge in [-0.25, -0.2) is 14.2 Å². The first kappa shape index (κ1) is 23.9. The number of benzene rings is 2. The third-order valence-electron chi connectivity index (χ3n) is 5.10. The molecule has 1 aromatic heterocycles. The van der Waals surface area contributed by atoms with Gasteiger partial charge in [-0.15, -0.1) is 0 Å². The normalized spacial score (nSPS) is 13.2. The number of hydrogen-bond acceptors (Lipinski definition) is 6. The zero-order valence-corrected chi connectivity index (χ0v) is 18.3. The Balaban J connectivity index is 1.63. The minimum atomic E-state index is -1.00.